The van der Waals surface area contributed by atoms with Crippen LogP contribution in [-0.2, 0) is 0 Å². The topological polar surface area (TPSA) is 35.5 Å². The van der Waals surface area contributed by atoms with Gasteiger partial charge in [-0.3, -0.25) is 4.79 Å². The van der Waals surface area contributed by atoms with Crippen LogP contribution in [0.15, 0.2) is 42.5 Å². The third-order valence-corrected chi connectivity index (χ3v) is 2.71. The van der Waals surface area contributed by atoms with Crippen molar-refractivity contribution in [3.8, 4) is 11.5 Å². The van der Waals surface area contributed by atoms with Gasteiger partial charge >= 0.3 is 0 Å². The van der Waals surface area contributed by atoms with Crippen LogP contribution >= 0.6 is 0 Å². The third-order valence-electron chi connectivity index (χ3n) is 2.71. The Morgan fingerprint density at radius 1 is 1.10 bits per heavy atom. The third kappa shape index (κ3) is 5.74. The molecule has 0 atom stereocenters. The Labute approximate surface area is 120 Å². The van der Waals surface area contributed by atoms with Crippen LogP contribution in [0.1, 0.15) is 36.5 Å². The van der Waals surface area contributed by atoms with Crippen LogP contribution in [-0.4, -0.2) is 20.0 Å². The maximum atomic E-state index is 10.7. The Morgan fingerprint density at radius 2 is 1.90 bits per heavy atom. The highest BCUT2D eigenvalue weighted by atomic mass is 16.5. The fourth-order valence-corrected chi connectivity index (χ4v) is 1.67. The number of ether oxygens (including phenoxy) is 2. The average molecular weight is 274 g/mol. The van der Waals surface area contributed by atoms with Crippen molar-refractivity contribution in [3.63, 3.8) is 0 Å². The van der Waals surface area contributed by atoms with Gasteiger partial charge in [-0.2, -0.15) is 0 Å². The van der Waals surface area contributed by atoms with E-state index in [0.717, 1.165) is 25.5 Å². The first-order valence-electron chi connectivity index (χ1n) is 6.87. The lowest BCUT2D eigenvalue weighted by atomic mass is 10.2. The van der Waals surface area contributed by atoms with E-state index in [2.05, 4.69) is 31.2 Å². The van der Waals surface area contributed by atoms with E-state index in [1.807, 2.05) is 0 Å². The van der Waals surface area contributed by atoms with Crippen molar-refractivity contribution in [2.24, 2.45) is 0 Å². The Hall–Kier alpha value is -2.03. The predicted molar refractivity (Wildman–Crippen MR) is 81.7 cm³/mol. The number of aldehydes is 1. The second-order valence-corrected chi connectivity index (χ2v) is 4.25. The molecule has 20 heavy (non-hydrogen) atoms. The van der Waals surface area contributed by atoms with Crippen LogP contribution in [0.5, 0.6) is 11.5 Å². The summed E-state index contributed by atoms with van der Waals surface area (Å²) in [7, 11) is 1.57. The molecule has 0 aliphatic rings. The molecule has 0 saturated heterocycles. The molecule has 1 rings (SSSR count). The highest BCUT2D eigenvalue weighted by Crippen LogP contribution is 2.27. The van der Waals surface area contributed by atoms with Crippen molar-refractivity contribution in [1.82, 2.24) is 0 Å². The zero-order chi connectivity index (χ0) is 14.6. The van der Waals surface area contributed by atoms with Gasteiger partial charge in [0.1, 0.15) is 6.29 Å². The van der Waals surface area contributed by atoms with Crippen LogP contribution in [0.3, 0.4) is 0 Å². The first kappa shape index (κ1) is 16.0. The van der Waals surface area contributed by atoms with Crippen molar-refractivity contribution in [2.75, 3.05) is 13.7 Å². The maximum absolute atomic E-state index is 10.7. The Morgan fingerprint density at radius 3 is 2.60 bits per heavy atom. The van der Waals surface area contributed by atoms with E-state index in [-0.39, 0.29) is 0 Å². The number of carbonyl (C=O) groups excluding carboxylic acids is 1. The van der Waals surface area contributed by atoms with E-state index in [0.29, 0.717) is 23.7 Å². The second kappa shape index (κ2) is 9.84. The molecule has 0 fully saturated rings. The molecular formula is C17H22O3. The molecule has 0 bridgehead atoms. The number of rotatable bonds is 9. The minimum Gasteiger partial charge on any atom is -0.493 e. The lowest BCUT2D eigenvalue weighted by molar-refractivity contribution is 0.112. The molecule has 0 spiro atoms. The largest absolute Gasteiger partial charge is 0.493 e. The molecule has 0 unspecified atom stereocenters. The molecule has 0 amide bonds. The van der Waals surface area contributed by atoms with Gasteiger partial charge in [-0.15, -0.1) is 0 Å². The van der Waals surface area contributed by atoms with Gasteiger partial charge in [-0.1, -0.05) is 31.2 Å². The summed E-state index contributed by atoms with van der Waals surface area (Å²) in [5.41, 5.74) is 0.580. The van der Waals surface area contributed by atoms with Gasteiger partial charge in [-0.05, 0) is 37.5 Å². The second-order valence-electron chi connectivity index (χ2n) is 4.25. The van der Waals surface area contributed by atoms with E-state index in [9.17, 15) is 4.79 Å². The zero-order valence-corrected chi connectivity index (χ0v) is 12.2. The standard InChI is InChI=1S/C17H22O3/c1-3-4-5-6-7-8-9-12-20-16-11-10-15(14-18)13-17(16)19-2/h4-5,7-8,10-11,13-14H,3,6,9,12H2,1-2H3/b5-4-,8-7-. The first-order chi connectivity index (χ1) is 9.81. The summed E-state index contributed by atoms with van der Waals surface area (Å²) in [6.45, 7) is 2.71. The number of methoxy groups -OCH3 is 1. The normalized spacial score (nSPS) is 11.1. The summed E-state index contributed by atoms with van der Waals surface area (Å²) in [6.07, 6.45) is 12.2. The molecule has 0 aromatic heterocycles. The number of hydrogen-bond acceptors (Lipinski definition) is 3. The monoisotopic (exact) mass is 274 g/mol. The molecule has 0 heterocycles. The molecule has 0 radical (unpaired) electrons. The summed E-state index contributed by atoms with van der Waals surface area (Å²) in [4.78, 5) is 10.7. The quantitative estimate of drug-likeness (QED) is 0.385. The molecule has 0 N–H and O–H groups in total. The fraction of sp³-hybridized carbons (Fsp3) is 0.353. The van der Waals surface area contributed by atoms with Gasteiger partial charge in [0.2, 0.25) is 0 Å². The van der Waals surface area contributed by atoms with Crippen LogP contribution in [0.4, 0.5) is 0 Å². The summed E-state index contributed by atoms with van der Waals surface area (Å²) in [5, 5.41) is 0. The van der Waals surface area contributed by atoms with E-state index in [1.165, 1.54) is 0 Å². The summed E-state index contributed by atoms with van der Waals surface area (Å²) >= 11 is 0. The van der Waals surface area contributed by atoms with Gasteiger partial charge < -0.3 is 9.47 Å². The van der Waals surface area contributed by atoms with Crippen molar-refractivity contribution >= 4 is 6.29 Å². The van der Waals surface area contributed by atoms with Crippen molar-refractivity contribution in [1.29, 1.82) is 0 Å². The van der Waals surface area contributed by atoms with Crippen LogP contribution in [0.25, 0.3) is 0 Å². The van der Waals surface area contributed by atoms with E-state index in [1.54, 1.807) is 25.3 Å². The number of carbonyl (C=O) groups is 1. The average Bonchev–Trinajstić information content (AvgIpc) is 2.50. The fourth-order valence-electron chi connectivity index (χ4n) is 1.67. The molecule has 3 heteroatoms. The van der Waals surface area contributed by atoms with Gasteiger partial charge in [0, 0.05) is 5.56 Å². The molecule has 1 aromatic rings. The number of hydrogen-bond donors (Lipinski definition) is 0. The van der Waals surface area contributed by atoms with Crippen molar-refractivity contribution in [3.05, 3.63) is 48.1 Å². The highest BCUT2D eigenvalue weighted by Gasteiger charge is 2.04. The van der Waals surface area contributed by atoms with Crippen LogP contribution < -0.4 is 9.47 Å². The van der Waals surface area contributed by atoms with Crippen LogP contribution in [0, 0.1) is 0 Å². The first-order valence-corrected chi connectivity index (χ1v) is 6.87. The van der Waals surface area contributed by atoms with Crippen LogP contribution in [0.2, 0.25) is 0 Å². The van der Waals surface area contributed by atoms with E-state index < -0.39 is 0 Å². The van der Waals surface area contributed by atoms with Gasteiger partial charge in [-0.25, -0.2) is 0 Å². The molecule has 3 nitrogen and oxygen atoms in total. The molecule has 0 aliphatic carbocycles. The highest BCUT2D eigenvalue weighted by molar-refractivity contribution is 5.76. The summed E-state index contributed by atoms with van der Waals surface area (Å²) < 4.78 is 10.8. The Kier molecular flexibility index (Phi) is 7.89. The number of benzene rings is 1. The Bertz CT molecular complexity index is 461. The molecule has 1 aromatic carbocycles. The SMILES string of the molecule is CC/C=C\C/C=C\CCOc1ccc(C=O)cc1OC. The van der Waals surface area contributed by atoms with Gasteiger partial charge in [0.25, 0.3) is 0 Å². The van der Waals surface area contributed by atoms with Gasteiger partial charge in [0.15, 0.2) is 11.5 Å². The molecule has 108 valence electrons. The maximum Gasteiger partial charge on any atom is 0.161 e. The van der Waals surface area contributed by atoms with E-state index in [4.69, 9.17) is 9.47 Å². The lowest BCUT2D eigenvalue weighted by Crippen LogP contribution is -1.98. The Balaban J connectivity index is 2.38. The molecular weight excluding hydrogens is 252 g/mol. The summed E-state index contributed by atoms with van der Waals surface area (Å²) in [5.74, 6) is 1.25. The van der Waals surface area contributed by atoms with Gasteiger partial charge in [0.05, 0.1) is 13.7 Å². The lowest BCUT2D eigenvalue weighted by Gasteiger charge is -2.10. The molecule has 0 saturated carbocycles. The zero-order valence-electron chi connectivity index (χ0n) is 12.2. The van der Waals surface area contributed by atoms with Crippen molar-refractivity contribution in [2.45, 2.75) is 26.2 Å². The smallest absolute Gasteiger partial charge is 0.161 e. The van der Waals surface area contributed by atoms with E-state index >= 15 is 0 Å². The van der Waals surface area contributed by atoms with Crippen molar-refractivity contribution < 1.29 is 14.3 Å². The molecule has 0 aliphatic heterocycles. The summed E-state index contributed by atoms with van der Waals surface area (Å²) in [6, 6.07) is 5.15. The number of allylic oxidation sites excluding steroid dienone is 3. The predicted octanol–water partition coefficient (Wildman–Crippen LogP) is 4.19. The minimum atomic E-state index is 0.580. The minimum absolute atomic E-state index is 0.580.